The number of nitrogens with one attached hydrogen (secondary N) is 1. The average molecular weight is 157 g/mol. The van der Waals surface area contributed by atoms with Gasteiger partial charge in [-0.3, -0.25) is 10.4 Å². The molecule has 11 heavy (non-hydrogen) atoms. The molecule has 1 aliphatic rings. The fourth-order valence-electron chi connectivity index (χ4n) is 1.64. The van der Waals surface area contributed by atoms with E-state index < -0.39 is 0 Å². The van der Waals surface area contributed by atoms with Gasteiger partial charge >= 0.3 is 0 Å². The molecule has 66 valence electrons. The lowest BCUT2D eigenvalue weighted by Crippen LogP contribution is -2.48. The molecule has 1 rings (SSSR count). The molecule has 1 saturated heterocycles. The minimum atomic E-state index is 0.656. The zero-order chi connectivity index (χ0) is 8.27. The zero-order valence-corrected chi connectivity index (χ0v) is 7.80. The Morgan fingerprint density at radius 3 is 2.73 bits per heavy atom. The van der Waals surface area contributed by atoms with Gasteiger partial charge in [-0.1, -0.05) is 0 Å². The van der Waals surface area contributed by atoms with Gasteiger partial charge in [0.1, 0.15) is 0 Å². The summed E-state index contributed by atoms with van der Waals surface area (Å²) in [5.41, 5.74) is 3.40. The van der Waals surface area contributed by atoms with Crippen LogP contribution >= 0.6 is 0 Å². The van der Waals surface area contributed by atoms with E-state index in [-0.39, 0.29) is 0 Å². The van der Waals surface area contributed by atoms with Crippen LogP contribution in [0.15, 0.2) is 0 Å². The molecule has 1 unspecified atom stereocenters. The Kier molecular flexibility index (Phi) is 3.30. The van der Waals surface area contributed by atoms with Crippen LogP contribution in [0, 0.1) is 0 Å². The summed E-state index contributed by atoms with van der Waals surface area (Å²) in [6, 6.07) is 0.656. The van der Waals surface area contributed by atoms with Crippen LogP contribution in [-0.4, -0.2) is 50.2 Å². The van der Waals surface area contributed by atoms with Crippen molar-refractivity contribution in [3.63, 3.8) is 0 Å². The average Bonchev–Trinajstić information content (AvgIpc) is 1.85. The van der Waals surface area contributed by atoms with Gasteiger partial charge < -0.3 is 4.90 Å². The molecule has 0 aliphatic carbocycles. The quantitative estimate of drug-likeness (QED) is 0.576. The van der Waals surface area contributed by atoms with Crippen molar-refractivity contribution in [3.8, 4) is 0 Å². The normalized spacial score (nSPS) is 27.8. The molecule has 0 aromatic carbocycles. The Morgan fingerprint density at radius 2 is 2.18 bits per heavy atom. The van der Waals surface area contributed by atoms with E-state index in [2.05, 4.69) is 31.5 Å². The maximum absolute atomic E-state index is 3.40. The molecule has 1 aliphatic heterocycles. The Morgan fingerprint density at radius 1 is 1.45 bits per heavy atom. The molecule has 1 atom stereocenters. The predicted molar refractivity (Wildman–Crippen MR) is 47.3 cm³/mol. The largest absolute Gasteiger partial charge is 0.305 e. The van der Waals surface area contributed by atoms with Crippen LogP contribution in [0.5, 0.6) is 0 Å². The molecular formula is C8H19N3. The van der Waals surface area contributed by atoms with E-state index in [1.165, 1.54) is 25.9 Å². The second-order valence-corrected chi connectivity index (χ2v) is 3.62. The first kappa shape index (κ1) is 8.97. The van der Waals surface area contributed by atoms with E-state index in [1.54, 1.807) is 0 Å². The number of hydrogen-bond acceptors (Lipinski definition) is 3. The third-order valence-electron chi connectivity index (χ3n) is 2.07. The number of likely N-dealkylation sites (tertiary alicyclic amines) is 1. The van der Waals surface area contributed by atoms with Crippen LogP contribution in [0.2, 0.25) is 0 Å². The summed E-state index contributed by atoms with van der Waals surface area (Å²) >= 11 is 0. The molecular weight excluding hydrogens is 138 g/mol. The highest BCUT2D eigenvalue weighted by molar-refractivity contribution is 4.74. The summed E-state index contributed by atoms with van der Waals surface area (Å²) in [5, 5.41) is 2.05. The number of hydrazine groups is 1. The maximum Gasteiger partial charge on any atom is 0.0342 e. The highest BCUT2D eigenvalue weighted by atomic mass is 15.5. The lowest BCUT2D eigenvalue weighted by Gasteiger charge is -2.32. The van der Waals surface area contributed by atoms with Crippen molar-refractivity contribution in [2.75, 3.05) is 34.2 Å². The van der Waals surface area contributed by atoms with Gasteiger partial charge in [-0.15, -0.1) is 0 Å². The molecule has 1 fully saturated rings. The number of hydrogen-bond donors (Lipinski definition) is 1. The first-order valence-electron chi connectivity index (χ1n) is 4.30. The Hall–Kier alpha value is -0.120. The van der Waals surface area contributed by atoms with Crippen molar-refractivity contribution in [2.24, 2.45) is 0 Å². The van der Waals surface area contributed by atoms with Crippen molar-refractivity contribution in [3.05, 3.63) is 0 Å². The van der Waals surface area contributed by atoms with Crippen molar-refractivity contribution < 1.29 is 0 Å². The molecule has 0 aromatic heterocycles. The topological polar surface area (TPSA) is 18.5 Å². The number of piperidine rings is 1. The standard InChI is InChI=1S/C8H19N3/c1-10(2)9-8-5-4-6-11(3)7-8/h8-9H,4-7H2,1-3H3. The van der Waals surface area contributed by atoms with Crippen LogP contribution in [0.3, 0.4) is 0 Å². The lowest BCUT2D eigenvalue weighted by atomic mass is 10.1. The van der Waals surface area contributed by atoms with Gasteiger partial charge in [-0.2, -0.15) is 0 Å². The Labute approximate surface area is 69.3 Å². The number of nitrogens with zero attached hydrogens (tertiary/aromatic N) is 2. The molecule has 3 nitrogen and oxygen atoms in total. The van der Waals surface area contributed by atoms with Crippen molar-refractivity contribution in [2.45, 2.75) is 18.9 Å². The smallest absolute Gasteiger partial charge is 0.0342 e. The second-order valence-electron chi connectivity index (χ2n) is 3.62. The molecule has 0 amide bonds. The van der Waals surface area contributed by atoms with Crippen LogP contribution < -0.4 is 5.43 Å². The van der Waals surface area contributed by atoms with Gasteiger partial charge in [0.25, 0.3) is 0 Å². The minimum Gasteiger partial charge on any atom is -0.305 e. The van der Waals surface area contributed by atoms with E-state index in [0.717, 1.165) is 0 Å². The fraction of sp³-hybridized carbons (Fsp3) is 1.00. The summed E-state index contributed by atoms with van der Waals surface area (Å²) in [5.74, 6) is 0. The molecule has 0 aromatic rings. The molecule has 1 heterocycles. The summed E-state index contributed by atoms with van der Waals surface area (Å²) in [7, 11) is 6.28. The van der Waals surface area contributed by atoms with Gasteiger partial charge in [0.2, 0.25) is 0 Å². The van der Waals surface area contributed by atoms with Gasteiger partial charge in [0, 0.05) is 26.7 Å². The molecule has 0 spiro atoms. The molecule has 1 N–H and O–H groups in total. The summed E-state index contributed by atoms with van der Waals surface area (Å²) in [4.78, 5) is 2.38. The molecule has 0 bridgehead atoms. The molecule has 3 heteroatoms. The van der Waals surface area contributed by atoms with Gasteiger partial charge in [0.05, 0.1) is 0 Å². The van der Waals surface area contributed by atoms with Gasteiger partial charge in [-0.25, -0.2) is 0 Å². The van der Waals surface area contributed by atoms with E-state index in [0.29, 0.717) is 6.04 Å². The van der Waals surface area contributed by atoms with Crippen LogP contribution in [0.4, 0.5) is 0 Å². The third kappa shape index (κ3) is 3.18. The van der Waals surface area contributed by atoms with Crippen LogP contribution in [-0.2, 0) is 0 Å². The maximum atomic E-state index is 3.40. The van der Waals surface area contributed by atoms with E-state index >= 15 is 0 Å². The van der Waals surface area contributed by atoms with E-state index in [4.69, 9.17) is 0 Å². The van der Waals surface area contributed by atoms with Crippen LogP contribution in [0.25, 0.3) is 0 Å². The first-order chi connectivity index (χ1) is 5.18. The highest BCUT2D eigenvalue weighted by Gasteiger charge is 2.16. The third-order valence-corrected chi connectivity index (χ3v) is 2.07. The monoisotopic (exact) mass is 157 g/mol. The van der Waals surface area contributed by atoms with E-state index in [9.17, 15) is 0 Å². The van der Waals surface area contributed by atoms with E-state index in [1.807, 2.05) is 5.01 Å². The highest BCUT2D eigenvalue weighted by Crippen LogP contribution is 2.07. The van der Waals surface area contributed by atoms with Crippen LogP contribution in [0.1, 0.15) is 12.8 Å². The summed E-state index contributed by atoms with van der Waals surface area (Å²) in [6.07, 6.45) is 2.63. The predicted octanol–water partition coefficient (Wildman–Crippen LogP) is 0.147. The van der Waals surface area contributed by atoms with Crippen molar-refractivity contribution >= 4 is 0 Å². The first-order valence-corrected chi connectivity index (χ1v) is 4.30. The zero-order valence-electron chi connectivity index (χ0n) is 7.80. The minimum absolute atomic E-state index is 0.656. The SMILES string of the molecule is CN1CCCC(NN(C)C)C1. The Bertz CT molecular complexity index is 112. The summed E-state index contributed by atoms with van der Waals surface area (Å²) < 4.78 is 0. The fourth-order valence-corrected chi connectivity index (χ4v) is 1.64. The van der Waals surface area contributed by atoms with Gasteiger partial charge in [0.15, 0.2) is 0 Å². The summed E-state index contributed by atoms with van der Waals surface area (Å²) in [6.45, 7) is 2.43. The second kappa shape index (κ2) is 4.04. The van der Waals surface area contributed by atoms with Gasteiger partial charge in [-0.05, 0) is 26.4 Å². The van der Waals surface area contributed by atoms with Crippen molar-refractivity contribution in [1.82, 2.24) is 15.3 Å². The lowest BCUT2D eigenvalue weighted by molar-refractivity contribution is 0.157. The molecule has 0 radical (unpaired) electrons. The molecule has 0 saturated carbocycles. The number of likely N-dealkylation sites (N-methyl/N-ethyl adjacent to an activating group) is 1. The van der Waals surface area contributed by atoms with Crippen molar-refractivity contribution in [1.29, 1.82) is 0 Å². The number of rotatable bonds is 2. The Balaban J connectivity index is 2.23.